The van der Waals surface area contributed by atoms with Crippen LogP contribution in [0.3, 0.4) is 0 Å². The van der Waals surface area contributed by atoms with Gasteiger partial charge in [-0.15, -0.1) is 0 Å². The molecule has 1 unspecified atom stereocenters. The second-order valence-corrected chi connectivity index (χ2v) is 4.90. The fourth-order valence-electron chi connectivity index (χ4n) is 2.64. The van der Waals surface area contributed by atoms with Crippen molar-refractivity contribution >= 4 is 0 Å². The maximum Gasteiger partial charge on any atom is 0.167 e. The highest BCUT2D eigenvalue weighted by Crippen LogP contribution is 2.36. The quantitative estimate of drug-likeness (QED) is 0.874. The molecule has 1 fully saturated rings. The third-order valence-electron chi connectivity index (χ3n) is 3.57. The van der Waals surface area contributed by atoms with Crippen molar-refractivity contribution in [2.45, 2.75) is 31.7 Å². The van der Waals surface area contributed by atoms with E-state index in [4.69, 9.17) is 9.47 Å². The summed E-state index contributed by atoms with van der Waals surface area (Å²) in [7, 11) is 0. The summed E-state index contributed by atoms with van der Waals surface area (Å²) in [5.41, 5.74) is 0.661. The Balaban J connectivity index is 1.90. The molecule has 1 atom stereocenters. The van der Waals surface area contributed by atoms with Crippen LogP contribution in [0.2, 0.25) is 0 Å². The van der Waals surface area contributed by atoms with Crippen molar-refractivity contribution < 1.29 is 13.9 Å². The molecule has 1 N–H and O–H groups in total. The molecule has 4 heteroatoms. The number of halogens is 1. The molecular formula is C14H18FNO2. The van der Waals surface area contributed by atoms with Gasteiger partial charge in [-0.05, 0) is 37.9 Å². The zero-order chi connectivity index (χ0) is 12.4. The SMILES string of the molecule is Fc1ccc2c(c1CC1CCCN1)OCCCO2. The highest BCUT2D eigenvalue weighted by molar-refractivity contribution is 5.48. The average Bonchev–Trinajstić information content (AvgIpc) is 2.76. The highest BCUT2D eigenvalue weighted by Gasteiger charge is 2.23. The lowest BCUT2D eigenvalue weighted by molar-refractivity contribution is 0.295. The molecule has 0 saturated carbocycles. The van der Waals surface area contributed by atoms with E-state index in [0.717, 1.165) is 19.4 Å². The molecule has 0 radical (unpaired) electrons. The van der Waals surface area contributed by atoms with Crippen molar-refractivity contribution in [3.8, 4) is 11.5 Å². The summed E-state index contributed by atoms with van der Waals surface area (Å²) in [5.74, 6) is 1.11. The van der Waals surface area contributed by atoms with Crippen LogP contribution >= 0.6 is 0 Å². The predicted molar refractivity (Wildman–Crippen MR) is 66.7 cm³/mol. The van der Waals surface area contributed by atoms with E-state index in [-0.39, 0.29) is 5.82 Å². The third kappa shape index (κ3) is 2.29. The van der Waals surface area contributed by atoms with Gasteiger partial charge in [0.15, 0.2) is 11.5 Å². The molecule has 18 heavy (non-hydrogen) atoms. The molecule has 0 bridgehead atoms. The molecule has 1 aromatic carbocycles. The monoisotopic (exact) mass is 251 g/mol. The third-order valence-corrected chi connectivity index (χ3v) is 3.57. The minimum absolute atomic E-state index is 0.187. The molecule has 2 aliphatic rings. The first-order valence-electron chi connectivity index (χ1n) is 6.65. The number of hydrogen-bond donors (Lipinski definition) is 1. The van der Waals surface area contributed by atoms with Crippen LogP contribution in [0.5, 0.6) is 11.5 Å². The molecule has 0 aliphatic carbocycles. The molecule has 2 heterocycles. The molecule has 3 nitrogen and oxygen atoms in total. The number of ether oxygens (including phenoxy) is 2. The van der Waals surface area contributed by atoms with Crippen molar-refractivity contribution in [1.82, 2.24) is 5.32 Å². The highest BCUT2D eigenvalue weighted by atomic mass is 19.1. The van der Waals surface area contributed by atoms with E-state index in [9.17, 15) is 4.39 Å². The lowest BCUT2D eigenvalue weighted by atomic mass is 10.0. The number of rotatable bonds is 2. The maximum atomic E-state index is 14.0. The van der Waals surface area contributed by atoms with Crippen LogP contribution in [0.15, 0.2) is 12.1 Å². The van der Waals surface area contributed by atoms with Gasteiger partial charge in [0, 0.05) is 18.0 Å². The zero-order valence-corrected chi connectivity index (χ0v) is 10.4. The van der Waals surface area contributed by atoms with Gasteiger partial charge in [0.25, 0.3) is 0 Å². The molecule has 2 aliphatic heterocycles. The van der Waals surface area contributed by atoms with E-state index >= 15 is 0 Å². The topological polar surface area (TPSA) is 30.5 Å². The Morgan fingerprint density at radius 2 is 2.11 bits per heavy atom. The van der Waals surface area contributed by atoms with Crippen LogP contribution < -0.4 is 14.8 Å². The molecule has 0 amide bonds. The van der Waals surface area contributed by atoms with E-state index in [1.807, 2.05) is 0 Å². The van der Waals surface area contributed by atoms with Gasteiger partial charge >= 0.3 is 0 Å². The fourth-order valence-corrected chi connectivity index (χ4v) is 2.64. The number of benzene rings is 1. The number of hydrogen-bond acceptors (Lipinski definition) is 3. The van der Waals surface area contributed by atoms with E-state index in [1.165, 1.54) is 12.5 Å². The number of fused-ring (bicyclic) bond motifs is 1. The van der Waals surface area contributed by atoms with Crippen LogP contribution in [0, 0.1) is 5.82 Å². The second-order valence-electron chi connectivity index (χ2n) is 4.90. The lowest BCUT2D eigenvalue weighted by Gasteiger charge is -2.16. The van der Waals surface area contributed by atoms with Crippen LogP contribution in [-0.4, -0.2) is 25.8 Å². The van der Waals surface area contributed by atoms with Crippen molar-refractivity contribution in [2.75, 3.05) is 19.8 Å². The Labute approximate surface area is 106 Å². The minimum atomic E-state index is -0.187. The van der Waals surface area contributed by atoms with Gasteiger partial charge in [0.05, 0.1) is 13.2 Å². The summed E-state index contributed by atoms with van der Waals surface area (Å²) in [6.07, 6.45) is 3.79. The minimum Gasteiger partial charge on any atom is -0.490 e. The Kier molecular flexibility index (Phi) is 3.37. The predicted octanol–water partition coefficient (Wildman–Crippen LogP) is 2.28. The Hall–Kier alpha value is -1.29. The smallest absolute Gasteiger partial charge is 0.167 e. The number of nitrogens with one attached hydrogen (secondary N) is 1. The van der Waals surface area contributed by atoms with Gasteiger partial charge < -0.3 is 14.8 Å². The molecule has 1 saturated heterocycles. The summed E-state index contributed by atoms with van der Waals surface area (Å²) in [6, 6.07) is 3.51. The largest absolute Gasteiger partial charge is 0.490 e. The van der Waals surface area contributed by atoms with Crippen molar-refractivity contribution in [3.63, 3.8) is 0 Å². The molecule has 0 aromatic heterocycles. The summed E-state index contributed by atoms with van der Waals surface area (Å²) in [4.78, 5) is 0. The van der Waals surface area contributed by atoms with Gasteiger partial charge in [-0.25, -0.2) is 4.39 Å². The zero-order valence-electron chi connectivity index (χ0n) is 10.4. The molecule has 1 aromatic rings. The van der Waals surface area contributed by atoms with Crippen LogP contribution in [0.1, 0.15) is 24.8 Å². The van der Waals surface area contributed by atoms with Crippen LogP contribution in [0.4, 0.5) is 4.39 Å². The Morgan fingerprint density at radius 1 is 1.22 bits per heavy atom. The molecule has 0 spiro atoms. The van der Waals surface area contributed by atoms with Crippen molar-refractivity contribution in [2.24, 2.45) is 0 Å². The standard InChI is InChI=1S/C14H18FNO2/c15-12-4-5-13-14(18-8-2-7-17-13)11(12)9-10-3-1-6-16-10/h4-5,10,16H,1-3,6-9H2. The van der Waals surface area contributed by atoms with Crippen LogP contribution in [0.25, 0.3) is 0 Å². The van der Waals surface area contributed by atoms with Crippen molar-refractivity contribution in [3.05, 3.63) is 23.5 Å². The first-order valence-corrected chi connectivity index (χ1v) is 6.65. The Morgan fingerprint density at radius 3 is 2.94 bits per heavy atom. The van der Waals surface area contributed by atoms with Crippen LogP contribution in [-0.2, 0) is 6.42 Å². The van der Waals surface area contributed by atoms with Gasteiger partial charge in [0.2, 0.25) is 0 Å². The van der Waals surface area contributed by atoms with Crippen molar-refractivity contribution in [1.29, 1.82) is 0 Å². The molecule has 3 rings (SSSR count). The first-order chi connectivity index (χ1) is 8.84. The fraction of sp³-hybridized carbons (Fsp3) is 0.571. The molecular weight excluding hydrogens is 233 g/mol. The summed E-state index contributed by atoms with van der Waals surface area (Å²) < 4.78 is 25.3. The normalized spacial score (nSPS) is 22.8. The summed E-state index contributed by atoms with van der Waals surface area (Å²) in [5, 5.41) is 3.39. The summed E-state index contributed by atoms with van der Waals surface area (Å²) >= 11 is 0. The lowest BCUT2D eigenvalue weighted by Crippen LogP contribution is -2.24. The van der Waals surface area contributed by atoms with Gasteiger partial charge in [-0.3, -0.25) is 0 Å². The Bertz CT molecular complexity index is 430. The first kappa shape index (κ1) is 11.8. The molecule has 98 valence electrons. The average molecular weight is 251 g/mol. The van der Waals surface area contributed by atoms with E-state index in [2.05, 4.69) is 5.32 Å². The summed E-state index contributed by atoms with van der Waals surface area (Å²) in [6.45, 7) is 2.26. The maximum absolute atomic E-state index is 14.0. The van der Waals surface area contributed by atoms with Gasteiger partial charge in [-0.1, -0.05) is 0 Å². The second kappa shape index (κ2) is 5.14. The van der Waals surface area contributed by atoms with E-state index in [0.29, 0.717) is 42.7 Å². The van der Waals surface area contributed by atoms with E-state index in [1.54, 1.807) is 6.07 Å². The van der Waals surface area contributed by atoms with Gasteiger partial charge in [-0.2, -0.15) is 0 Å². The van der Waals surface area contributed by atoms with Gasteiger partial charge in [0.1, 0.15) is 5.82 Å². The van der Waals surface area contributed by atoms with E-state index < -0.39 is 0 Å².